The van der Waals surface area contributed by atoms with Crippen LogP contribution in [0.4, 0.5) is 8.78 Å². The SMILES string of the molecule is CCCNC(=O)C1CCN(C(=O)c2cccnc2SC(F)F)CC1. The minimum absolute atomic E-state index is 0.0271. The molecule has 1 aromatic heterocycles. The second-order valence-corrected chi connectivity index (χ2v) is 6.57. The van der Waals surface area contributed by atoms with Crippen molar-refractivity contribution < 1.29 is 18.4 Å². The van der Waals surface area contributed by atoms with E-state index < -0.39 is 5.76 Å². The van der Waals surface area contributed by atoms with Gasteiger partial charge in [0, 0.05) is 31.7 Å². The predicted molar refractivity (Wildman–Crippen MR) is 88.0 cm³/mol. The number of halogens is 2. The normalized spacial score (nSPS) is 15.6. The molecule has 2 rings (SSSR count). The minimum Gasteiger partial charge on any atom is -0.356 e. The first-order valence-electron chi connectivity index (χ1n) is 7.99. The highest BCUT2D eigenvalue weighted by Crippen LogP contribution is 2.28. The number of rotatable bonds is 6. The summed E-state index contributed by atoms with van der Waals surface area (Å²) >= 11 is 0.276. The third-order valence-corrected chi connectivity index (χ3v) is 4.63. The number of aromatic nitrogens is 1. The van der Waals surface area contributed by atoms with E-state index in [2.05, 4.69) is 10.3 Å². The summed E-state index contributed by atoms with van der Waals surface area (Å²) in [6.45, 7) is 3.53. The molecule has 5 nitrogen and oxygen atoms in total. The first-order valence-corrected chi connectivity index (χ1v) is 8.87. The Morgan fingerprint density at radius 1 is 1.42 bits per heavy atom. The van der Waals surface area contributed by atoms with E-state index in [-0.39, 0.29) is 40.1 Å². The van der Waals surface area contributed by atoms with Crippen LogP contribution in [0.1, 0.15) is 36.5 Å². The number of amides is 2. The van der Waals surface area contributed by atoms with Crippen LogP contribution >= 0.6 is 11.8 Å². The number of nitrogens with one attached hydrogen (secondary N) is 1. The third-order valence-electron chi connectivity index (χ3n) is 3.90. The maximum absolute atomic E-state index is 12.6. The Morgan fingerprint density at radius 3 is 2.75 bits per heavy atom. The monoisotopic (exact) mass is 357 g/mol. The lowest BCUT2D eigenvalue weighted by molar-refractivity contribution is -0.126. The van der Waals surface area contributed by atoms with E-state index in [0.29, 0.717) is 32.5 Å². The van der Waals surface area contributed by atoms with Crippen LogP contribution in [0.25, 0.3) is 0 Å². The topological polar surface area (TPSA) is 62.3 Å². The lowest BCUT2D eigenvalue weighted by Crippen LogP contribution is -2.43. The number of thioether (sulfide) groups is 1. The molecule has 24 heavy (non-hydrogen) atoms. The first-order chi connectivity index (χ1) is 11.5. The van der Waals surface area contributed by atoms with E-state index in [0.717, 1.165) is 6.42 Å². The molecule has 0 saturated carbocycles. The summed E-state index contributed by atoms with van der Waals surface area (Å²) in [5.74, 6) is -3.00. The molecule has 1 N–H and O–H groups in total. The molecule has 0 bridgehead atoms. The van der Waals surface area contributed by atoms with Gasteiger partial charge in [0.2, 0.25) is 5.91 Å². The number of nitrogens with zero attached hydrogens (tertiary/aromatic N) is 2. The molecule has 0 spiro atoms. The maximum Gasteiger partial charge on any atom is 0.290 e. The molecule has 0 unspecified atom stereocenters. The van der Waals surface area contributed by atoms with E-state index in [1.807, 2.05) is 6.92 Å². The van der Waals surface area contributed by atoms with Crippen LogP contribution in [0, 0.1) is 5.92 Å². The molecule has 1 saturated heterocycles. The lowest BCUT2D eigenvalue weighted by Gasteiger charge is -2.31. The zero-order valence-corrected chi connectivity index (χ0v) is 14.3. The summed E-state index contributed by atoms with van der Waals surface area (Å²) in [4.78, 5) is 30.0. The van der Waals surface area contributed by atoms with E-state index in [4.69, 9.17) is 0 Å². The number of alkyl halides is 2. The van der Waals surface area contributed by atoms with E-state index in [1.54, 1.807) is 11.0 Å². The molecule has 132 valence electrons. The van der Waals surface area contributed by atoms with Gasteiger partial charge < -0.3 is 10.2 Å². The lowest BCUT2D eigenvalue weighted by atomic mass is 9.95. The number of hydrogen-bond acceptors (Lipinski definition) is 4. The quantitative estimate of drug-likeness (QED) is 0.795. The molecule has 0 aliphatic carbocycles. The average molecular weight is 357 g/mol. The Bertz CT molecular complexity index is 578. The summed E-state index contributed by atoms with van der Waals surface area (Å²) in [6, 6.07) is 3.08. The molecular formula is C16H21F2N3O2S. The number of hydrogen-bond donors (Lipinski definition) is 1. The van der Waals surface area contributed by atoms with Gasteiger partial charge >= 0.3 is 0 Å². The average Bonchev–Trinajstić information content (AvgIpc) is 2.59. The Balaban J connectivity index is 1.97. The van der Waals surface area contributed by atoms with Crippen LogP contribution in [0.2, 0.25) is 0 Å². The van der Waals surface area contributed by atoms with Gasteiger partial charge in [-0.25, -0.2) is 4.98 Å². The third kappa shape index (κ3) is 4.90. The van der Waals surface area contributed by atoms with E-state index in [9.17, 15) is 18.4 Å². The van der Waals surface area contributed by atoms with Crippen molar-refractivity contribution in [2.24, 2.45) is 5.92 Å². The van der Waals surface area contributed by atoms with Gasteiger partial charge in [-0.05, 0) is 43.2 Å². The summed E-state index contributed by atoms with van der Waals surface area (Å²) in [6.07, 6.45) is 3.44. The van der Waals surface area contributed by atoms with Crippen molar-refractivity contribution in [3.8, 4) is 0 Å². The molecule has 2 amide bonds. The van der Waals surface area contributed by atoms with Crippen molar-refractivity contribution >= 4 is 23.6 Å². The number of carbonyl (C=O) groups is 2. The number of pyridine rings is 1. The smallest absolute Gasteiger partial charge is 0.290 e. The van der Waals surface area contributed by atoms with Crippen molar-refractivity contribution in [2.45, 2.75) is 37.0 Å². The van der Waals surface area contributed by atoms with Crippen molar-refractivity contribution in [2.75, 3.05) is 19.6 Å². The van der Waals surface area contributed by atoms with Crippen molar-refractivity contribution in [3.63, 3.8) is 0 Å². The summed E-state index contributed by atoms with van der Waals surface area (Å²) in [5.41, 5.74) is 0.191. The first kappa shape index (κ1) is 18.6. The molecule has 1 aliphatic rings. The molecule has 8 heteroatoms. The number of piperidine rings is 1. The van der Waals surface area contributed by atoms with Crippen molar-refractivity contribution in [3.05, 3.63) is 23.9 Å². The van der Waals surface area contributed by atoms with Gasteiger partial charge in [0.05, 0.1) is 5.56 Å². The van der Waals surface area contributed by atoms with E-state index in [1.165, 1.54) is 12.3 Å². The number of likely N-dealkylation sites (tertiary alicyclic amines) is 1. The fourth-order valence-electron chi connectivity index (χ4n) is 2.64. The Labute approximate surface area is 144 Å². The molecule has 0 aromatic carbocycles. The van der Waals surface area contributed by atoms with Gasteiger partial charge in [-0.2, -0.15) is 8.78 Å². The second kappa shape index (κ2) is 8.96. The van der Waals surface area contributed by atoms with Gasteiger partial charge in [-0.15, -0.1) is 0 Å². The van der Waals surface area contributed by atoms with Gasteiger partial charge in [-0.3, -0.25) is 9.59 Å². The molecule has 1 fully saturated rings. The van der Waals surface area contributed by atoms with Gasteiger partial charge in [0.1, 0.15) is 5.03 Å². The zero-order chi connectivity index (χ0) is 17.5. The summed E-state index contributed by atoms with van der Waals surface area (Å²) < 4.78 is 25.2. The van der Waals surface area contributed by atoms with Crippen LogP contribution in [0.5, 0.6) is 0 Å². The fourth-order valence-corrected chi connectivity index (χ4v) is 3.21. The highest BCUT2D eigenvalue weighted by atomic mass is 32.2. The van der Waals surface area contributed by atoms with Crippen molar-refractivity contribution in [1.29, 1.82) is 0 Å². The minimum atomic E-state index is -2.63. The predicted octanol–water partition coefficient (Wildman–Crippen LogP) is 2.77. The highest BCUT2D eigenvalue weighted by Gasteiger charge is 2.29. The molecule has 0 atom stereocenters. The van der Waals surface area contributed by atoms with Crippen LogP contribution in [0.3, 0.4) is 0 Å². The molecular weight excluding hydrogens is 336 g/mol. The summed E-state index contributed by atoms with van der Waals surface area (Å²) in [5, 5.41) is 2.91. The standard InChI is InChI=1S/C16H21F2N3O2S/c1-2-7-19-13(22)11-5-9-21(10-6-11)15(23)12-4-3-8-20-14(12)24-16(17)18/h3-4,8,11,16H,2,5-7,9-10H2,1H3,(H,19,22). The second-order valence-electron chi connectivity index (χ2n) is 5.59. The van der Waals surface area contributed by atoms with Gasteiger partial charge in [-0.1, -0.05) is 6.92 Å². The Kier molecular flexibility index (Phi) is 6.96. The van der Waals surface area contributed by atoms with Crippen LogP contribution < -0.4 is 5.32 Å². The fraction of sp³-hybridized carbons (Fsp3) is 0.562. The van der Waals surface area contributed by atoms with Gasteiger partial charge in [0.15, 0.2) is 0 Å². The maximum atomic E-state index is 12.6. The molecule has 0 radical (unpaired) electrons. The van der Waals surface area contributed by atoms with E-state index >= 15 is 0 Å². The van der Waals surface area contributed by atoms with Crippen molar-refractivity contribution in [1.82, 2.24) is 15.2 Å². The Morgan fingerprint density at radius 2 is 2.12 bits per heavy atom. The van der Waals surface area contributed by atoms with Gasteiger partial charge in [0.25, 0.3) is 11.7 Å². The number of carbonyl (C=O) groups excluding carboxylic acids is 2. The van der Waals surface area contributed by atoms with Crippen LogP contribution in [-0.4, -0.2) is 47.1 Å². The molecule has 2 heterocycles. The zero-order valence-electron chi connectivity index (χ0n) is 13.5. The largest absolute Gasteiger partial charge is 0.356 e. The molecule has 1 aromatic rings. The Hall–Kier alpha value is -1.70. The highest BCUT2D eigenvalue weighted by molar-refractivity contribution is 7.99. The summed E-state index contributed by atoms with van der Waals surface area (Å²) in [7, 11) is 0. The molecule has 1 aliphatic heterocycles. The van der Waals surface area contributed by atoms with Crippen LogP contribution in [-0.2, 0) is 4.79 Å². The van der Waals surface area contributed by atoms with Crippen LogP contribution in [0.15, 0.2) is 23.4 Å².